The maximum Gasteiger partial charge on any atom is 0.123 e. The van der Waals surface area contributed by atoms with Gasteiger partial charge in [0.2, 0.25) is 0 Å². The number of aliphatic hydroxyl groups excluding tert-OH is 1. The van der Waals surface area contributed by atoms with Crippen LogP contribution in [0.15, 0.2) is 24.3 Å². The molecule has 2 rings (SSSR count). The highest BCUT2D eigenvalue weighted by Crippen LogP contribution is 2.31. The average molecular weight is 253 g/mol. The monoisotopic (exact) mass is 253 g/mol. The lowest BCUT2D eigenvalue weighted by Crippen LogP contribution is -2.32. The van der Waals surface area contributed by atoms with Gasteiger partial charge in [0.05, 0.1) is 0 Å². The van der Waals surface area contributed by atoms with E-state index < -0.39 is 6.10 Å². The van der Waals surface area contributed by atoms with Gasteiger partial charge in [0.1, 0.15) is 24.3 Å². The Morgan fingerprint density at radius 2 is 2.06 bits per heavy atom. The molecule has 0 aromatic heterocycles. The number of ether oxygens (including phenoxy) is 1. The molecule has 1 saturated carbocycles. The van der Waals surface area contributed by atoms with Crippen LogP contribution in [0.25, 0.3) is 0 Å². The predicted molar refractivity (Wildman–Crippen MR) is 68.1 cm³/mol. The summed E-state index contributed by atoms with van der Waals surface area (Å²) in [6.07, 6.45) is 3.38. The Bertz CT molecular complexity index is 351. The average Bonchev–Trinajstić information content (AvgIpc) is 3.18. The predicted octanol–water partition coefficient (Wildman–Crippen LogP) is 1.96. The van der Waals surface area contributed by atoms with Gasteiger partial charge in [0.25, 0.3) is 0 Å². The summed E-state index contributed by atoms with van der Waals surface area (Å²) in [6.45, 7) is 1.72. The zero-order valence-electron chi connectivity index (χ0n) is 10.4. The summed E-state index contributed by atoms with van der Waals surface area (Å²) in [5.41, 5.74) is 0. The van der Waals surface area contributed by atoms with Gasteiger partial charge in [-0.25, -0.2) is 4.39 Å². The molecule has 3 nitrogen and oxygen atoms in total. The van der Waals surface area contributed by atoms with Gasteiger partial charge in [0, 0.05) is 6.54 Å². The molecule has 1 atom stereocenters. The smallest absolute Gasteiger partial charge is 0.123 e. The zero-order valence-corrected chi connectivity index (χ0v) is 10.4. The lowest BCUT2D eigenvalue weighted by Gasteiger charge is -2.13. The van der Waals surface area contributed by atoms with E-state index in [1.54, 1.807) is 12.1 Å². The molecule has 100 valence electrons. The normalized spacial score (nSPS) is 16.6. The molecule has 1 aliphatic rings. The Balaban J connectivity index is 1.55. The summed E-state index contributed by atoms with van der Waals surface area (Å²) in [5, 5.41) is 12.9. The van der Waals surface area contributed by atoms with Crippen molar-refractivity contribution in [3.63, 3.8) is 0 Å². The second-order valence-electron chi connectivity index (χ2n) is 4.85. The van der Waals surface area contributed by atoms with Crippen molar-refractivity contribution in [2.75, 3.05) is 19.7 Å². The molecule has 0 aliphatic heterocycles. The van der Waals surface area contributed by atoms with Crippen LogP contribution < -0.4 is 10.1 Å². The molecule has 0 amide bonds. The molecule has 0 saturated heterocycles. The van der Waals surface area contributed by atoms with E-state index in [9.17, 15) is 9.50 Å². The summed E-state index contributed by atoms with van der Waals surface area (Å²) in [5.74, 6) is 1.20. The van der Waals surface area contributed by atoms with Gasteiger partial charge in [-0.3, -0.25) is 0 Å². The first-order valence-electron chi connectivity index (χ1n) is 6.51. The summed E-state index contributed by atoms with van der Waals surface area (Å²) >= 11 is 0. The van der Waals surface area contributed by atoms with Crippen molar-refractivity contribution in [1.82, 2.24) is 5.32 Å². The van der Waals surface area contributed by atoms with E-state index >= 15 is 0 Å². The summed E-state index contributed by atoms with van der Waals surface area (Å²) in [6, 6.07) is 5.80. The number of hydrogen-bond donors (Lipinski definition) is 2. The fraction of sp³-hybridized carbons (Fsp3) is 0.571. The molecular formula is C14H20FNO2. The summed E-state index contributed by atoms with van der Waals surface area (Å²) in [7, 11) is 0. The highest BCUT2D eigenvalue weighted by Gasteiger charge is 2.20. The fourth-order valence-electron chi connectivity index (χ4n) is 1.76. The molecule has 1 unspecified atom stereocenters. The van der Waals surface area contributed by atoms with Gasteiger partial charge >= 0.3 is 0 Å². The zero-order chi connectivity index (χ0) is 12.8. The molecule has 1 fully saturated rings. The highest BCUT2D eigenvalue weighted by molar-refractivity contribution is 5.22. The maximum atomic E-state index is 12.6. The lowest BCUT2D eigenvalue weighted by molar-refractivity contribution is 0.106. The van der Waals surface area contributed by atoms with Crippen molar-refractivity contribution in [1.29, 1.82) is 0 Å². The molecule has 1 aliphatic carbocycles. The van der Waals surface area contributed by atoms with Crippen molar-refractivity contribution in [3.05, 3.63) is 30.1 Å². The van der Waals surface area contributed by atoms with Gasteiger partial charge in [-0.1, -0.05) is 12.8 Å². The molecule has 1 aromatic carbocycles. The van der Waals surface area contributed by atoms with Crippen LogP contribution in [-0.4, -0.2) is 30.9 Å². The first-order valence-corrected chi connectivity index (χ1v) is 6.51. The van der Waals surface area contributed by atoms with Crippen LogP contribution in [0.4, 0.5) is 4.39 Å². The first kappa shape index (κ1) is 13.3. The summed E-state index contributed by atoms with van der Waals surface area (Å²) < 4.78 is 18.0. The number of rotatable bonds is 8. The Kier molecular flexibility index (Phi) is 4.96. The lowest BCUT2D eigenvalue weighted by atomic mass is 10.3. The minimum atomic E-state index is -0.533. The quantitative estimate of drug-likeness (QED) is 0.696. The molecule has 0 heterocycles. The van der Waals surface area contributed by atoms with E-state index in [0.29, 0.717) is 12.3 Å². The van der Waals surface area contributed by atoms with E-state index in [1.807, 2.05) is 0 Å². The van der Waals surface area contributed by atoms with Gasteiger partial charge in [-0.2, -0.15) is 0 Å². The number of halogens is 1. The Morgan fingerprint density at radius 3 is 2.72 bits per heavy atom. The molecule has 4 heteroatoms. The topological polar surface area (TPSA) is 41.5 Å². The first-order chi connectivity index (χ1) is 8.74. The molecule has 1 aromatic rings. The molecule has 0 bridgehead atoms. The van der Waals surface area contributed by atoms with Crippen LogP contribution in [0.1, 0.15) is 19.3 Å². The summed E-state index contributed by atoms with van der Waals surface area (Å²) in [4.78, 5) is 0. The van der Waals surface area contributed by atoms with Gasteiger partial charge in [-0.05, 0) is 43.1 Å². The van der Waals surface area contributed by atoms with Crippen LogP contribution in [0.2, 0.25) is 0 Å². The molecule has 18 heavy (non-hydrogen) atoms. The van der Waals surface area contributed by atoms with E-state index in [4.69, 9.17) is 4.74 Å². The number of benzene rings is 1. The van der Waals surface area contributed by atoms with Crippen LogP contribution >= 0.6 is 0 Å². The van der Waals surface area contributed by atoms with Crippen molar-refractivity contribution in [2.45, 2.75) is 25.4 Å². The molecular weight excluding hydrogens is 233 g/mol. The molecule has 0 radical (unpaired) electrons. The van der Waals surface area contributed by atoms with Crippen LogP contribution in [0.5, 0.6) is 5.75 Å². The van der Waals surface area contributed by atoms with Crippen LogP contribution in [-0.2, 0) is 0 Å². The largest absolute Gasteiger partial charge is 0.491 e. The SMILES string of the molecule is OC(CNCCC1CC1)COc1ccc(F)cc1. The third-order valence-corrected chi connectivity index (χ3v) is 3.06. The van der Waals surface area contributed by atoms with Crippen molar-refractivity contribution < 1.29 is 14.2 Å². The van der Waals surface area contributed by atoms with Crippen LogP contribution in [0.3, 0.4) is 0 Å². The van der Waals surface area contributed by atoms with E-state index in [1.165, 1.54) is 31.4 Å². The fourth-order valence-corrected chi connectivity index (χ4v) is 1.76. The van der Waals surface area contributed by atoms with Crippen molar-refractivity contribution >= 4 is 0 Å². The Hall–Kier alpha value is -1.13. The third-order valence-electron chi connectivity index (χ3n) is 3.06. The van der Waals surface area contributed by atoms with Crippen molar-refractivity contribution in [3.8, 4) is 5.75 Å². The second-order valence-corrected chi connectivity index (χ2v) is 4.85. The van der Waals surface area contributed by atoms with E-state index in [-0.39, 0.29) is 12.4 Å². The standard InChI is InChI=1S/C14H20FNO2/c15-12-3-5-14(6-4-12)18-10-13(17)9-16-8-7-11-1-2-11/h3-6,11,13,16-17H,1-2,7-10H2. The van der Waals surface area contributed by atoms with Gasteiger partial charge < -0.3 is 15.2 Å². The Labute approximate surface area is 107 Å². The van der Waals surface area contributed by atoms with Gasteiger partial charge in [0.15, 0.2) is 0 Å². The number of hydrogen-bond acceptors (Lipinski definition) is 3. The van der Waals surface area contributed by atoms with Crippen molar-refractivity contribution in [2.24, 2.45) is 5.92 Å². The van der Waals surface area contributed by atoms with Gasteiger partial charge in [-0.15, -0.1) is 0 Å². The third kappa shape index (κ3) is 5.02. The highest BCUT2D eigenvalue weighted by atomic mass is 19.1. The molecule has 0 spiro atoms. The number of nitrogens with one attached hydrogen (secondary N) is 1. The number of aliphatic hydroxyl groups is 1. The minimum absolute atomic E-state index is 0.224. The van der Waals surface area contributed by atoms with E-state index in [2.05, 4.69) is 5.32 Å². The van der Waals surface area contributed by atoms with Crippen LogP contribution in [0, 0.1) is 11.7 Å². The maximum absolute atomic E-state index is 12.6. The Morgan fingerprint density at radius 1 is 1.33 bits per heavy atom. The molecule has 2 N–H and O–H groups in total. The second kappa shape index (κ2) is 6.71. The van der Waals surface area contributed by atoms with E-state index in [0.717, 1.165) is 12.5 Å². The minimum Gasteiger partial charge on any atom is -0.491 e.